The molecule has 4 N–H and O–H groups in total. The molecule has 0 fully saturated rings. The van der Waals surface area contributed by atoms with Gasteiger partial charge in [0.05, 0.1) is 0 Å². The molecule has 136 valence electrons. The van der Waals surface area contributed by atoms with Crippen molar-refractivity contribution in [3.8, 4) is 0 Å². The van der Waals surface area contributed by atoms with E-state index in [0.29, 0.717) is 0 Å². The Kier molecular flexibility index (Phi) is 24.9. The first-order chi connectivity index (χ1) is 10.6. The second-order valence-corrected chi connectivity index (χ2v) is 2.37. The molecule has 0 atom stereocenters. The number of carbonyl (C=O) groups is 8. The Morgan fingerprint density at radius 1 is 0.400 bits per heavy atom. The first kappa shape index (κ1) is 33.3. The van der Waals surface area contributed by atoms with Crippen molar-refractivity contribution in [2.45, 2.75) is 0 Å². The van der Waals surface area contributed by atoms with Gasteiger partial charge in [-0.3, -0.25) is 0 Å². The van der Waals surface area contributed by atoms with Gasteiger partial charge in [-0.2, -0.15) is 0 Å². The van der Waals surface area contributed by atoms with Crippen molar-refractivity contribution in [3.05, 3.63) is 0 Å². The van der Waals surface area contributed by atoms with E-state index in [1.165, 1.54) is 0 Å². The summed E-state index contributed by atoms with van der Waals surface area (Å²) in [5.74, 6) is -16.0. The summed E-state index contributed by atoms with van der Waals surface area (Å²) in [6.45, 7) is 0. The molecule has 17 heteroatoms. The maximum Gasteiger partial charge on any atom is 4.00 e. The summed E-state index contributed by atoms with van der Waals surface area (Å²) in [7, 11) is 0. The minimum absolute atomic E-state index is 0. The Morgan fingerprint density at radius 3 is 0.440 bits per heavy atom. The number of hydrogen-bond donors (Lipinski definition) is 4. The average Bonchev–Trinajstić information content (AvgIpc) is 2.40. The van der Waals surface area contributed by atoms with Gasteiger partial charge in [0, 0.05) is 0 Å². The molecule has 0 aromatic rings. The number of carboxylic acid groups (broad SMARTS) is 8. The summed E-state index contributed by atoms with van der Waals surface area (Å²) in [6.07, 6.45) is 0. The topological polar surface area (TPSA) is 310 Å². The molecule has 0 aromatic carbocycles. The van der Waals surface area contributed by atoms with E-state index in [1.807, 2.05) is 0 Å². The minimum Gasteiger partial charge on any atom is -0.539 e. The van der Waals surface area contributed by atoms with Crippen molar-refractivity contribution in [2.75, 3.05) is 0 Å². The Balaban J connectivity index is -0.0000000702. The van der Waals surface area contributed by atoms with Crippen LogP contribution in [-0.4, -0.2) is 68.2 Å². The van der Waals surface area contributed by atoms with E-state index in [1.54, 1.807) is 0 Å². The van der Waals surface area contributed by atoms with Gasteiger partial charge < -0.3 is 60.0 Å². The Bertz CT molecular complexity index is 388. The maximum atomic E-state index is 9.04. The second kappa shape index (κ2) is 18.7. The van der Waals surface area contributed by atoms with Crippen LogP contribution in [0.3, 0.4) is 0 Å². The van der Waals surface area contributed by atoms with Crippen LogP contribution in [0.15, 0.2) is 0 Å². The van der Waals surface area contributed by atoms with Crippen LogP contribution in [0.4, 0.5) is 0 Å². The SMILES string of the molecule is O=C([O-])C(=O)O.O=C([O-])C(=O)O.O=C([O-])C(=O)O.O=C([O-])C(=O)O.[Zr+4]. The van der Waals surface area contributed by atoms with Gasteiger partial charge in [0.25, 0.3) is 0 Å². The van der Waals surface area contributed by atoms with Crippen LogP contribution in [0, 0.1) is 0 Å². The fourth-order valence-electron chi connectivity index (χ4n) is 0. The molecule has 0 rings (SSSR count). The smallest absolute Gasteiger partial charge is 0.539 e. The van der Waals surface area contributed by atoms with Crippen molar-refractivity contribution in [2.24, 2.45) is 0 Å². The zero-order chi connectivity index (χ0) is 20.6. The molecule has 0 saturated carbocycles. The first-order valence-electron chi connectivity index (χ1n) is 4.34. The molecule has 0 aromatic heterocycles. The van der Waals surface area contributed by atoms with E-state index in [4.69, 9.17) is 79.2 Å². The molecular weight excluding hydrogens is 443 g/mol. The predicted octanol–water partition coefficient (Wildman–Crippen LogP) is -8.72. The summed E-state index contributed by atoms with van der Waals surface area (Å²) in [5.41, 5.74) is 0. The van der Waals surface area contributed by atoms with E-state index in [9.17, 15) is 0 Å². The van der Waals surface area contributed by atoms with E-state index in [2.05, 4.69) is 0 Å². The third-order valence-electron chi connectivity index (χ3n) is 0.698. The third-order valence-corrected chi connectivity index (χ3v) is 0.698. The minimum atomic E-state index is -2.07. The summed E-state index contributed by atoms with van der Waals surface area (Å²) < 4.78 is 0. The summed E-state index contributed by atoms with van der Waals surface area (Å²) in [4.78, 5) is 72.1. The molecule has 0 aliphatic rings. The van der Waals surface area contributed by atoms with E-state index >= 15 is 0 Å². The average molecular weight is 447 g/mol. The molecular formula is C8H4O16Zr. The zero-order valence-electron chi connectivity index (χ0n) is 11.2. The van der Waals surface area contributed by atoms with Crippen LogP contribution in [0.25, 0.3) is 0 Å². The molecule has 0 aliphatic heterocycles. The van der Waals surface area contributed by atoms with Crippen LogP contribution in [-0.2, 0) is 64.6 Å². The van der Waals surface area contributed by atoms with Crippen molar-refractivity contribution in [1.29, 1.82) is 0 Å². The van der Waals surface area contributed by atoms with Crippen LogP contribution in [0.1, 0.15) is 0 Å². The van der Waals surface area contributed by atoms with Gasteiger partial charge in [-0.05, 0) is 0 Å². The molecule has 0 saturated heterocycles. The largest absolute Gasteiger partial charge is 4.00 e. The summed E-state index contributed by atoms with van der Waals surface area (Å²) in [5, 5.41) is 65.3. The Morgan fingerprint density at radius 2 is 0.440 bits per heavy atom. The van der Waals surface area contributed by atoms with Gasteiger partial charge in [-0.1, -0.05) is 0 Å². The Labute approximate surface area is 153 Å². The van der Waals surface area contributed by atoms with E-state index < -0.39 is 47.8 Å². The molecule has 0 amide bonds. The number of rotatable bonds is 0. The molecule has 0 radical (unpaired) electrons. The second-order valence-electron chi connectivity index (χ2n) is 2.37. The molecule has 16 nitrogen and oxygen atoms in total. The quantitative estimate of drug-likeness (QED) is 0.250. The Hall–Kier alpha value is -3.36. The van der Waals surface area contributed by atoms with Crippen molar-refractivity contribution >= 4 is 47.8 Å². The van der Waals surface area contributed by atoms with Gasteiger partial charge in [0.2, 0.25) is 0 Å². The summed E-state index contributed by atoms with van der Waals surface area (Å²) >= 11 is 0. The number of hydrogen-bond acceptors (Lipinski definition) is 12. The standard InChI is InChI=1S/4C2H2O4.Zr/c4*3-1(4)2(5)6;/h4*(H,3,4)(H,5,6);/q;;;;+4/p-4. The number of aliphatic carboxylic acids is 8. The van der Waals surface area contributed by atoms with Crippen LogP contribution < -0.4 is 20.4 Å². The fourth-order valence-corrected chi connectivity index (χ4v) is 0. The van der Waals surface area contributed by atoms with Gasteiger partial charge in [-0.15, -0.1) is 0 Å². The third kappa shape index (κ3) is 44.9. The predicted molar refractivity (Wildman–Crippen MR) is 50.6 cm³/mol. The zero-order valence-corrected chi connectivity index (χ0v) is 13.6. The van der Waals surface area contributed by atoms with Gasteiger partial charge in [0.15, 0.2) is 23.9 Å². The van der Waals surface area contributed by atoms with Crippen molar-refractivity contribution in [1.82, 2.24) is 0 Å². The van der Waals surface area contributed by atoms with Crippen molar-refractivity contribution in [3.63, 3.8) is 0 Å². The summed E-state index contributed by atoms with van der Waals surface area (Å²) in [6, 6.07) is 0. The van der Waals surface area contributed by atoms with Crippen molar-refractivity contribution < 1.29 is 105 Å². The van der Waals surface area contributed by atoms with E-state index in [-0.39, 0.29) is 26.2 Å². The number of carboxylic acids is 8. The maximum absolute atomic E-state index is 9.04. The van der Waals surface area contributed by atoms with E-state index in [0.717, 1.165) is 0 Å². The molecule has 0 heterocycles. The monoisotopic (exact) mass is 446 g/mol. The normalized spacial score (nSPS) is 7.04. The first-order valence-corrected chi connectivity index (χ1v) is 4.34. The molecule has 0 bridgehead atoms. The molecule has 25 heavy (non-hydrogen) atoms. The molecule has 0 aliphatic carbocycles. The number of carbonyl (C=O) groups excluding carboxylic acids is 4. The van der Waals surface area contributed by atoms with Crippen LogP contribution in [0.2, 0.25) is 0 Å². The van der Waals surface area contributed by atoms with Crippen LogP contribution in [0.5, 0.6) is 0 Å². The van der Waals surface area contributed by atoms with Gasteiger partial charge >= 0.3 is 50.1 Å². The van der Waals surface area contributed by atoms with Gasteiger partial charge in [-0.25, -0.2) is 19.2 Å². The molecule has 0 unspecified atom stereocenters. The van der Waals surface area contributed by atoms with Crippen LogP contribution >= 0.6 is 0 Å². The van der Waals surface area contributed by atoms with Gasteiger partial charge in [0.1, 0.15) is 0 Å². The molecule has 0 spiro atoms. The fraction of sp³-hybridized carbons (Fsp3) is 0.